The summed E-state index contributed by atoms with van der Waals surface area (Å²) in [6.45, 7) is 11.9. The topological polar surface area (TPSA) is 76.7 Å². The van der Waals surface area contributed by atoms with Crippen molar-refractivity contribution in [3.05, 3.63) is 23.6 Å². The average Bonchev–Trinajstić information content (AvgIpc) is 3.32. The summed E-state index contributed by atoms with van der Waals surface area (Å²) in [4.78, 5) is 28.8. The number of nitrogens with one attached hydrogen (secondary N) is 1. The van der Waals surface area contributed by atoms with Crippen LogP contribution in [0.5, 0.6) is 0 Å². The molecule has 1 atom stereocenters. The summed E-state index contributed by atoms with van der Waals surface area (Å²) in [7, 11) is 0. The molecule has 7 heteroatoms. The fourth-order valence-electron chi connectivity index (χ4n) is 4.87. The summed E-state index contributed by atoms with van der Waals surface area (Å²) in [5.41, 5.74) is 1.21. The Morgan fingerprint density at radius 1 is 1.25 bits per heavy atom. The maximum absolute atomic E-state index is 13.5. The number of carbonyl (C=O) groups is 2. The van der Waals surface area contributed by atoms with Gasteiger partial charge in [-0.1, -0.05) is 33.1 Å². The number of aryl methyl sites for hydroxylation is 1. The highest BCUT2D eigenvalue weighted by Crippen LogP contribution is 2.34. The van der Waals surface area contributed by atoms with E-state index in [1.165, 1.54) is 6.42 Å². The van der Waals surface area contributed by atoms with Crippen molar-refractivity contribution in [1.29, 1.82) is 0 Å². The molecule has 2 amide bonds. The van der Waals surface area contributed by atoms with Crippen LogP contribution in [0.2, 0.25) is 0 Å². The summed E-state index contributed by atoms with van der Waals surface area (Å²) in [6.07, 6.45) is 6.25. The molecule has 2 aliphatic rings. The van der Waals surface area contributed by atoms with E-state index in [2.05, 4.69) is 5.32 Å². The molecule has 2 aromatic heterocycles. The lowest BCUT2D eigenvalue weighted by Crippen LogP contribution is -2.65. The minimum atomic E-state index is -0.954. The van der Waals surface area contributed by atoms with Gasteiger partial charge in [-0.05, 0) is 40.0 Å². The molecule has 32 heavy (non-hydrogen) atoms. The Balaban J connectivity index is 0.00000141. The molecule has 1 unspecified atom stereocenters. The van der Waals surface area contributed by atoms with E-state index in [0.717, 1.165) is 37.0 Å². The van der Waals surface area contributed by atoms with Crippen molar-refractivity contribution < 1.29 is 18.7 Å². The first kappa shape index (κ1) is 24.4. The Morgan fingerprint density at radius 3 is 2.66 bits per heavy atom. The second kappa shape index (κ2) is 10.6. The maximum Gasteiger partial charge on any atom is 0.271 e. The molecule has 1 aliphatic carbocycles. The number of furan rings is 1. The molecule has 0 bridgehead atoms. The zero-order valence-corrected chi connectivity index (χ0v) is 20.3. The SMILES string of the molecule is CC.CCOCCCN1C(=O)c2cc3oc(C)cc3n2CC1(C)C(=O)NC1CCCCC1. The summed E-state index contributed by atoms with van der Waals surface area (Å²) in [6, 6.07) is 3.94. The predicted octanol–water partition coefficient (Wildman–Crippen LogP) is 4.66. The predicted molar refractivity (Wildman–Crippen MR) is 126 cm³/mol. The van der Waals surface area contributed by atoms with Gasteiger partial charge in [-0.25, -0.2) is 0 Å². The molecule has 1 saturated carbocycles. The van der Waals surface area contributed by atoms with Crippen molar-refractivity contribution >= 4 is 22.9 Å². The van der Waals surface area contributed by atoms with Gasteiger partial charge >= 0.3 is 0 Å². The van der Waals surface area contributed by atoms with Crippen LogP contribution in [0.3, 0.4) is 0 Å². The number of fused-ring (bicyclic) bond motifs is 3. The number of carbonyl (C=O) groups excluding carboxylic acids is 2. The van der Waals surface area contributed by atoms with E-state index < -0.39 is 5.54 Å². The molecule has 1 fully saturated rings. The van der Waals surface area contributed by atoms with Gasteiger partial charge in [0.1, 0.15) is 17.0 Å². The third-order valence-corrected chi connectivity index (χ3v) is 6.54. The Morgan fingerprint density at radius 2 is 1.97 bits per heavy atom. The lowest BCUT2D eigenvalue weighted by atomic mass is 9.91. The molecule has 1 N–H and O–H groups in total. The summed E-state index contributed by atoms with van der Waals surface area (Å²) in [5.74, 6) is 0.616. The lowest BCUT2D eigenvalue weighted by molar-refractivity contribution is -0.133. The fraction of sp³-hybridized carbons (Fsp3) is 0.680. The average molecular weight is 446 g/mol. The second-order valence-corrected chi connectivity index (χ2v) is 8.81. The number of hydrogen-bond donors (Lipinski definition) is 1. The van der Waals surface area contributed by atoms with Crippen molar-refractivity contribution in [2.45, 2.75) is 91.3 Å². The van der Waals surface area contributed by atoms with Gasteiger partial charge in [0.15, 0.2) is 5.58 Å². The first-order valence-electron chi connectivity index (χ1n) is 12.2. The smallest absolute Gasteiger partial charge is 0.271 e. The molecule has 0 radical (unpaired) electrons. The molecule has 1 aliphatic heterocycles. The van der Waals surface area contributed by atoms with Gasteiger partial charge in [0.2, 0.25) is 5.91 Å². The van der Waals surface area contributed by atoms with Crippen LogP contribution < -0.4 is 5.32 Å². The number of ether oxygens (including phenoxy) is 1. The van der Waals surface area contributed by atoms with Crippen LogP contribution in [0.4, 0.5) is 0 Å². The van der Waals surface area contributed by atoms with Crippen LogP contribution in [0.25, 0.3) is 11.1 Å². The van der Waals surface area contributed by atoms with Gasteiger partial charge in [-0.3, -0.25) is 9.59 Å². The van der Waals surface area contributed by atoms with Crippen molar-refractivity contribution in [3.63, 3.8) is 0 Å². The Hall–Kier alpha value is -2.28. The minimum Gasteiger partial charge on any atom is -0.460 e. The van der Waals surface area contributed by atoms with Crippen LogP contribution in [0, 0.1) is 6.92 Å². The van der Waals surface area contributed by atoms with Crippen molar-refractivity contribution in [2.24, 2.45) is 0 Å². The largest absolute Gasteiger partial charge is 0.460 e. The summed E-state index contributed by atoms with van der Waals surface area (Å²) in [5, 5.41) is 3.26. The number of rotatable bonds is 7. The van der Waals surface area contributed by atoms with Crippen molar-refractivity contribution in [3.8, 4) is 0 Å². The van der Waals surface area contributed by atoms with Crippen LogP contribution in [-0.4, -0.2) is 52.6 Å². The zero-order chi connectivity index (χ0) is 23.3. The fourth-order valence-corrected chi connectivity index (χ4v) is 4.87. The van der Waals surface area contributed by atoms with E-state index in [0.29, 0.717) is 44.0 Å². The van der Waals surface area contributed by atoms with Crippen LogP contribution in [0.15, 0.2) is 16.5 Å². The normalized spacial score (nSPS) is 21.3. The van der Waals surface area contributed by atoms with E-state index in [1.807, 2.05) is 45.3 Å². The Kier molecular flexibility index (Phi) is 8.04. The lowest BCUT2D eigenvalue weighted by Gasteiger charge is -2.44. The van der Waals surface area contributed by atoms with Crippen LogP contribution >= 0.6 is 0 Å². The number of aromatic nitrogens is 1. The first-order valence-corrected chi connectivity index (χ1v) is 12.2. The molecule has 2 aromatic rings. The van der Waals surface area contributed by atoms with Gasteiger partial charge in [0.25, 0.3) is 5.91 Å². The molecule has 0 saturated heterocycles. The number of hydrogen-bond acceptors (Lipinski definition) is 4. The van der Waals surface area contributed by atoms with Crippen LogP contribution in [-0.2, 0) is 16.1 Å². The van der Waals surface area contributed by atoms with Gasteiger partial charge in [-0.2, -0.15) is 0 Å². The molecular formula is C25H39N3O4. The minimum absolute atomic E-state index is 0.0631. The molecule has 0 spiro atoms. The van der Waals surface area contributed by atoms with Gasteiger partial charge in [0, 0.05) is 37.9 Å². The second-order valence-electron chi connectivity index (χ2n) is 8.81. The third kappa shape index (κ3) is 4.72. The highest BCUT2D eigenvalue weighted by Gasteiger charge is 2.48. The number of nitrogens with zero attached hydrogens (tertiary/aromatic N) is 2. The first-order chi connectivity index (χ1) is 15.4. The maximum atomic E-state index is 13.5. The Labute approximate surface area is 191 Å². The van der Waals surface area contributed by atoms with E-state index in [-0.39, 0.29) is 17.9 Å². The van der Waals surface area contributed by atoms with Gasteiger partial charge in [0.05, 0.1) is 12.1 Å². The standard InChI is InChI=1S/C23H33N3O4.C2H6/c1-4-29-12-8-11-26-21(27)19-14-20-18(13-16(2)30-20)25(19)15-23(26,3)22(28)24-17-9-6-5-7-10-17;1-2/h13-14,17H,4-12,15H2,1-3H3,(H,24,28);1-2H3. The van der Waals surface area contributed by atoms with E-state index in [4.69, 9.17) is 9.15 Å². The molecular weight excluding hydrogens is 406 g/mol. The number of amides is 2. The Bertz CT molecular complexity index is 925. The van der Waals surface area contributed by atoms with Gasteiger partial charge in [-0.15, -0.1) is 0 Å². The van der Waals surface area contributed by atoms with E-state index in [1.54, 1.807) is 11.0 Å². The van der Waals surface area contributed by atoms with Gasteiger partial charge < -0.3 is 23.9 Å². The molecule has 3 heterocycles. The summed E-state index contributed by atoms with van der Waals surface area (Å²) < 4.78 is 13.2. The quantitative estimate of drug-likeness (QED) is 0.629. The highest BCUT2D eigenvalue weighted by molar-refractivity contribution is 6.03. The van der Waals surface area contributed by atoms with Crippen molar-refractivity contribution in [1.82, 2.24) is 14.8 Å². The molecule has 7 nitrogen and oxygen atoms in total. The summed E-state index contributed by atoms with van der Waals surface area (Å²) >= 11 is 0. The highest BCUT2D eigenvalue weighted by atomic mass is 16.5. The van der Waals surface area contributed by atoms with E-state index >= 15 is 0 Å². The van der Waals surface area contributed by atoms with Crippen LogP contribution in [0.1, 0.15) is 82.5 Å². The molecule has 178 valence electrons. The van der Waals surface area contributed by atoms with E-state index in [9.17, 15) is 9.59 Å². The monoisotopic (exact) mass is 445 g/mol. The zero-order valence-electron chi connectivity index (χ0n) is 20.3. The molecule has 4 rings (SSSR count). The third-order valence-electron chi connectivity index (χ3n) is 6.54. The molecule has 0 aromatic carbocycles. The van der Waals surface area contributed by atoms with Crippen molar-refractivity contribution in [2.75, 3.05) is 19.8 Å².